The molecule has 0 atom stereocenters. The topological polar surface area (TPSA) is 85.8 Å². The number of aliphatic hydroxyl groups is 1. The molecule has 1 N–H and O–H groups in total. The highest BCUT2D eigenvalue weighted by Crippen LogP contribution is 2.48. The van der Waals surface area contributed by atoms with Crippen LogP contribution in [0.1, 0.15) is 66.6 Å². The van der Waals surface area contributed by atoms with Crippen LogP contribution < -0.4 is 53.1 Å². The van der Waals surface area contributed by atoms with Crippen LogP contribution in [0.2, 0.25) is 0 Å². The average molecular weight is 1940 g/mol. The Labute approximate surface area is 871 Å². The molecule has 20 aromatic rings. The molecule has 0 saturated carbocycles. The molecule has 0 aliphatic rings. The number of methoxy groups -OCH3 is 5. The highest BCUT2D eigenvalue weighted by Gasteiger charge is 2.24. The SMILES string of the molecule is CCc1ccc(N(c2ccc(C)cc2)c2ccc(-c3cc(-c4ccc(N(c5ccc(C)cc5)c5ccc(CC)cc5)cc4)cc(-c4ccc(N(c5ccc(CC)cc5)c5ccc(CC)cc5)cc4)c3)cc2)cc1.COc1ccc(N(c2ccc(CO)cc2)c2ccc(-c3cc(-c4ccc(N(c5ccc(OC)cc5)c5ccc(OC)cc5)cc4)cc(-c4ccc(N(c5ccc(OC)cc5)c5ccc(OC)cc5)cc4)c3)cc2)cc1. The number of benzene rings is 20. The van der Waals surface area contributed by atoms with Crippen LogP contribution in [-0.4, -0.2) is 40.7 Å². The standard InChI is InChI=1S/C70H65N3.C66H57N3O6/c1-7-52-15-33-64(34-16-52)71(62-29-11-50(5)12-30-62)68-41-23-56(24-42-68)59-47-60(57-25-43-69(44-26-57)72(63-31-13-51(6)14-32-63)65-35-17-53(8-2)18-36-65)49-61(48-59)58-27-45-70(46-28-58)73(66-37-19-54(9-3)20-38-66)67-39-21-55(10-4)22-40-67;1-71-62-32-22-57(23-33-62)67(53-14-6-46(45-70)7-15-53)54-16-8-47(9-17-54)50-42-51(48-10-18-55(19-11-48)68(58-24-34-63(72-2)35-25-58)59-26-36-64(73-3)37-27-59)44-52(43-50)49-12-20-56(21-13-49)69(60-28-38-65(74-4)39-29-60)61-30-40-66(75-5)41-31-61/h11-49H,7-10H2,1-6H3;6-44,70H,45H2,1-5H3. The predicted molar refractivity (Wildman–Crippen MR) is 619 cm³/mol. The van der Waals surface area contributed by atoms with Crippen LogP contribution in [0.3, 0.4) is 0 Å². The molecule has 20 aromatic carbocycles. The van der Waals surface area contributed by atoms with Crippen molar-refractivity contribution >= 4 is 102 Å². The van der Waals surface area contributed by atoms with Gasteiger partial charge in [-0.1, -0.05) is 197 Å². The summed E-state index contributed by atoms with van der Waals surface area (Å²) in [6.07, 6.45) is 4.03. The zero-order valence-corrected chi connectivity index (χ0v) is 85.7. The molecular formula is C136H122N6O6. The van der Waals surface area contributed by atoms with E-state index in [1.165, 1.54) is 33.4 Å². The van der Waals surface area contributed by atoms with Crippen molar-refractivity contribution in [3.8, 4) is 95.5 Å². The van der Waals surface area contributed by atoms with E-state index in [0.29, 0.717) is 0 Å². The molecule has 0 saturated heterocycles. The van der Waals surface area contributed by atoms with Gasteiger partial charge in [0.25, 0.3) is 0 Å². The fourth-order valence-corrected chi connectivity index (χ4v) is 19.1. The number of hydrogen-bond acceptors (Lipinski definition) is 12. The molecule has 148 heavy (non-hydrogen) atoms. The molecule has 0 spiro atoms. The second-order valence-corrected chi connectivity index (χ2v) is 37.0. The minimum atomic E-state index is -0.0233. The van der Waals surface area contributed by atoms with Crippen molar-refractivity contribution in [3.05, 3.63) is 512 Å². The van der Waals surface area contributed by atoms with Gasteiger partial charge in [0, 0.05) is 102 Å². The lowest BCUT2D eigenvalue weighted by atomic mass is 9.93. The number of anilines is 18. The van der Waals surface area contributed by atoms with Crippen LogP contribution in [-0.2, 0) is 32.3 Å². The summed E-state index contributed by atoms with van der Waals surface area (Å²) >= 11 is 0. The summed E-state index contributed by atoms with van der Waals surface area (Å²) in [5.74, 6) is 3.94. The van der Waals surface area contributed by atoms with E-state index < -0.39 is 0 Å². The molecular weight excluding hydrogens is 1810 g/mol. The molecule has 0 radical (unpaired) electrons. The largest absolute Gasteiger partial charge is 0.497 e. The molecule has 0 aromatic heterocycles. The van der Waals surface area contributed by atoms with E-state index in [1.807, 2.05) is 84.9 Å². The molecule has 0 heterocycles. The van der Waals surface area contributed by atoms with Gasteiger partial charge in [0.2, 0.25) is 0 Å². The number of nitrogens with zero attached hydrogens (tertiary/aromatic N) is 6. The molecule has 0 amide bonds. The van der Waals surface area contributed by atoms with Crippen LogP contribution in [0.15, 0.2) is 473 Å². The third-order valence-corrected chi connectivity index (χ3v) is 27.6. The van der Waals surface area contributed by atoms with Gasteiger partial charge in [-0.05, 0) is 450 Å². The van der Waals surface area contributed by atoms with Crippen molar-refractivity contribution in [1.82, 2.24) is 0 Å². The van der Waals surface area contributed by atoms with E-state index in [2.05, 4.69) is 459 Å². The van der Waals surface area contributed by atoms with Crippen LogP contribution in [0.4, 0.5) is 102 Å². The summed E-state index contributed by atoms with van der Waals surface area (Å²) in [5.41, 5.74) is 41.1. The maximum absolute atomic E-state index is 9.84. The van der Waals surface area contributed by atoms with Gasteiger partial charge in [0.1, 0.15) is 28.7 Å². The first-order valence-electron chi connectivity index (χ1n) is 50.7. The van der Waals surface area contributed by atoms with E-state index in [9.17, 15) is 5.11 Å². The number of hydrogen-bond donors (Lipinski definition) is 1. The quantitative estimate of drug-likeness (QED) is 0.0417. The van der Waals surface area contributed by atoms with Gasteiger partial charge in [-0.15, -0.1) is 0 Å². The summed E-state index contributed by atoms with van der Waals surface area (Å²) in [7, 11) is 8.39. The van der Waals surface area contributed by atoms with Gasteiger partial charge < -0.3 is 58.2 Å². The Morgan fingerprint density at radius 1 is 0.149 bits per heavy atom. The lowest BCUT2D eigenvalue weighted by Crippen LogP contribution is -2.10. The van der Waals surface area contributed by atoms with Gasteiger partial charge in [-0.2, -0.15) is 0 Å². The summed E-state index contributed by atoms with van der Waals surface area (Å²) < 4.78 is 27.6. The summed E-state index contributed by atoms with van der Waals surface area (Å²) in [5, 5.41) is 9.84. The maximum atomic E-state index is 9.84. The van der Waals surface area contributed by atoms with Gasteiger partial charge in [-0.3, -0.25) is 0 Å². The summed E-state index contributed by atoms with van der Waals surface area (Å²) in [6.45, 7) is 13.1. The van der Waals surface area contributed by atoms with E-state index in [1.54, 1.807) is 35.5 Å². The Balaban J connectivity index is 0.000000186. The zero-order chi connectivity index (χ0) is 102. The molecule has 732 valence electrons. The monoisotopic (exact) mass is 1930 g/mol. The normalized spacial score (nSPS) is 11.0. The minimum absolute atomic E-state index is 0.0233. The average Bonchev–Trinajstić information content (AvgIpc) is 0.806. The van der Waals surface area contributed by atoms with Crippen LogP contribution >= 0.6 is 0 Å². The van der Waals surface area contributed by atoms with E-state index >= 15 is 0 Å². The molecule has 0 bridgehead atoms. The summed E-state index contributed by atoms with van der Waals surface area (Å²) in [4.78, 5) is 13.7. The highest BCUT2D eigenvalue weighted by molar-refractivity contribution is 5.91. The molecule has 12 heteroatoms. The van der Waals surface area contributed by atoms with Crippen LogP contribution in [0.5, 0.6) is 28.7 Å². The van der Waals surface area contributed by atoms with Crippen LogP contribution in [0, 0.1) is 13.8 Å². The smallest absolute Gasteiger partial charge is 0.119 e. The molecule has 0 unspecified atom stereocenters. The van der Waals surface area contributed by atoms with Gasteiger partial charge >= 0.3 is 0 Å². The second kappa shape index (κ2) is 46.3. The Bertz CT molecular complexity index is 7030. The number of rotatable bonds is 34. The lowest BCUT2D eigenvalue weighted by Gasteiger charge is -2.26. The Morgan fingerprint density at radius 2 is 0.264 bits per heavy atom. The number of ether oxygens (including phenoxy) is 5. The molecule has 12 nitrogen and oxygen atoms in total. The Kier molecular flexibility index (Phi) is 30.9. The first-order valence-corrected chi connectivity index (χ1v) is 50.7. The van der Waals surface area contributed by atoms with Crippen molar-refractivity contribution in [2.75, 3.05) is 64.9 Å². The highest BCUT2D eigenvalue weighted by atomic mass is 16.5. The molecule has 0 fully saturated rings. The lowest BCUT2D eigenvalue weighted by molar-refractivity contribution is 0.282. The van der Waals surface area contributed by atoms with Crippen molar-refractivity contribution < 1.29 is 28.8 Å². The van der Waals surface area contributed by atoms with E-state index in [0.717, 1.165) is 229 Å². The molecule has 0 aliphatic heterocycles. The van der Waals surface area contributed by atoms with Crippen molar-refractivity contribution in [1.29, 1.82) is 0 Å². The second-order valence-electron chi connectivity index (χ2n) is 37.0. The fourth-order valence-electron chi connectivity index (χ4n) is 19.1. The summed E-state index contributed by atoms with van der Waals surface area (Å²) in [6, 6.07) is 169. The Morgan fingerprint density at radius 3 is 0.385 bits per heavy atom. The van der Waals surface area contributed by atoms with Gasteiger partial charge in [-0.25, -0.2) is 0 Å². The third-order valence-electron chi connectivity index (χ3n) is 27.6. The molecule has 20 rings (SSSR count). The minimum Gasteiger partial charge on any atom is -0.497 e. The van der Waals surface area contributed by atoms with E-state index in [4.69, 9.17) is 23.7 Å². The first-order chi connectivity index (χ1) is 72.6. The number of aryl methyl sites for hydroxylation is 6. The van der Waals surface area contributed by atoms with Gasteiger partial charge in [0.15, 0.2) is 0 Å². The third kappa shape index (κ3) is 22.7. The maximum Gasteiger partial charge on any atom is 0.119 e. The van der Waals surface area contributed by atoms with Crippen molar-refractivity contribution in [2.45, 2.75) is 73.8 Å². The zero-order valence-electron chi connectivity index (χ0n) is 85.7. The van der Waals surface area contributed by atoms with Crippen LogP contribution in [0.25, 0.3) is 66.8 Å². The van der Waals surface area contributed by atoms with Crippen molar-refractivity contribution in [3.63, 3.8) is 0 Å². The van der Waals surface area contributed by atoms with E-state index in [-0.39, 0.29) is 6.61 Å². The van der Waals surface area contributed by atoms with Crippen molar-refractivity contribution in [2.24, 2.45) is 0 Å². The predicted octanol–water partition coefficient (Wildman–Crippen LogP) is 36.6. The van der Waals surface area contributed by atoms with Gasteiger partial charge in [0.05, 0.1) is 42.2 Å². The molecule has 0 aliphatic carbocycles. The Hall–Kier alpha value is -17.8. The first kappa shape index (κ1) is 98.9. The fraction of sp³-hybridized carbons (Fsp3) is 0.118. The number of aliphatic hydroxyl groups excluding tert-OH is 1.